The maximum absolute atomic E-state index is 10.9. The van der Waals surface area contributed by atoms with Crippen molar-refractivity contribution in [1.29, 1.82) is 0 Å². The van der Waals surface area contributed by atoms with E-state index in [1.165, 1.54) is 31.7 Å². The molecule has 0 aliphatic heterocycles. The molecular formula is C13H18N4O2. The largest absolute Gasteiger partial charge is 0.384 e. The summed E-state index contributed by atoms with van der Waals surface area (Å²) in [7, 11) is 0. The number of non-ortho nitro benzene ring substituents is 1. The van der Waals surface area contributed by atoms with Crippen LogP contribution in [-0.4, -0.2) is 11.5 Å². The Balaban J connectivity index is 1.72. The lowest BCUT2D eigenvalue weighted by Crippen LogP contribution is -2.17. The van der Waals surface area contributed by atoms with Crippen LogP contribution >= 0.6 is 0 Å². The Kier molecular flexibility index (Phi) is 2.82. The number of anilines is 2. The van der Waals surface area contributed by atoms with Crippen molar-refractivity contribution in [2.75, 3.05) is 17.3 Å². The molecule has 0 unspecified atom stereocenters. The number of nitrogens with one attached hydrogen (secondary N) is 2. The van der Waals surface area contributed by atoms with Crippen LogP contribution < -0.4 is 16.6 Å². The maximum Gasteiger partial charge on any atom is 0.273 e. The summed E-state index contributed by atoms with van der Waals surface area (Å²) in [5.41, 5.74) is 4.28. The molecule has 0 heterocycles. The van der Waals surface area contributed by atoms with Crippen molar-refractivity contribution in [2.24, 2.45) is 17.2 Å². The predicted molar refractivity (Wildman–Crippen MR) is 73.8 cm³/mol. The van der Waals surface area contributed by atoms with Gasteiger partial charge in [0.1, 0.15) is 0 Å². The zero-order chi connectivity index (χ0) is 13.5. The highest BCUT2D eigenvalue weighted by atomic mass is 16.6. The summed E-state index contributed by atoms with van der Waals surface area (Å²) in [5, 5.41) is 14.2. The number of nitrogens with two attached hydrogens (primary N) is 1. The Bertz CT molecular complexity index is 509. The smallest absolute Gasteiger partial charge is 0.273 e. The van der Waals surface area contributed by atoms with Gasteiger partial charge in [0.05, 0.1) is 10.6 Å². The van der Waals surface area contributed by atoms with Crippen molar-refractivity contribution in [3.63, 3.8) is 0 Å². The number of hydrazine groups is 1. The number of hydrogen-bond acceptors (Lipinski definition) is 5. The van der Waals surface area contributed by atoms with Gasteiger partial charge in [0.2, 0.25) is 0 Å². The quantitative estimate of drug-likeness (QED) is 0.416. The minimum absolute atomic E-state index is 0.0502. The molecule has 0 saturated heterocycles. The van der Waals surface area contributed by atoms with E-state index in [9.17, 15) is 10.1 Å². The molecule has 0 radical (unpaired) electrons. The van der Waals surface area contributed by atoms with Crippen molar-refractivity contribution in [3.05, 3.63) is 28.3 Å². The molecule has 0 atom stereocenters. The monoisotopic (exact) mass is 262 g/mol. The highest BCUT2D eigenvalue weighted by Crippen LogP contribution is 2.61. The Morgan fingerprint density at radius 3 is 2.53 bits per heavy atom. The maximum atomic E-state index is 10.9. The van der Waals surface area contributed by atoms with Crippen LogP contribution in [-0.2, 0) is 0 Å². The van der Waals surface area contributed by atoms with Crippen molar-refractivity contribution in [2.45, 2.75) is 25.7 Å². The topological polar surface area (TPSA) is 93.2 Å². The second-order valence-corrected chi connectivity index (χ2v) is 5.66. The lowest BCUT2D eigenvalue weighted by molar-refractivity contribution is -0.384. The summed E-state index contributed by atoms with van der Waals surface area (Å²) in [5.74, 6) is 6.21. The van der Waals surface area contributed by atoms with Crippen molar-refractivity contribution >= 4 is 17.1 Å². The minimum Gasteiger partial charge on any atom is -0.384 e. The van der Waals surface area contributed by atoms with Crippen LogP contribution in [0.1, 0.15) is 25.7 Å². The van der Waals surface area contributed by atoms with Gasteiger partial charge in [-0.15, -0.1) is 0 Å². The fraction of sp³-hybridized carbons (Fsp3) is 0.538. The molecule has 2 saturated carbocycles. The van der Waals surface area contributed by atoms with Gasteiger partial charge in [0.25, 0.3) is 5.69 Å². The average Bonchev–Trinajstić information content (AvgIpc) is 3.28. The summed E-state index contributed by atoms with van der Waals surface area (Å²) < 4.78 is 0. The van der Waals surface area contributed by atoms with E-state index < -0.39 is 4.92 Å². The van der Waals surface area contributed by atoms with Crippen molar-refractivity contribution < 1.29 is 4.92 Å². The summed E-state index contributed by atoms with van der Waals surface area (Å²) in [6.07, 6.45) is 5.24. The summed E-state index contributed by atoms with van der Waals surface area (Å²) in [4.78, 5) is 10.5. The highest BCUT2D eigenvalue weighted by molar-refractivity contribution is 5.63. The minimum atomic E-state index is -0.403. The van der Waals surface area contributed by atoms with Gasteiger partial charge in [0, 0.05) is 24.4 Å². The number of rotatable bonds is 6. The van der Waals surface area contributed by atoms with Crippen LogP contribution in [0, 0.1) is 21.4 Å². The third kappa shape index (κ3) is 2.49. The summed E-state index contributed by atoms with van der Waals surface area (Å²) in [6.45, 7) is 0.906. The summed E-state index contributed by atoms with van der Waals surface area (Å²) in [6, 6.07) is 4.79. The first kappa shape index (κ1) is 12.2. The van der Waals surface area contributed by atoms with Crippen molar-refractivity contribution in [1.82, 2.24) is 0 Å². The molecule has 1 aromatic carbocycles. The second kappa shape index (κ2) is 4.38. The van der Waals surface area contributed by atoms with Gasteiger partial charge < -0.3 is 10.7 Å². The number of nitrogen functional groups attached to an aromatic ring is 1. The standard InChI is InChI=1S/C13H18N4O2/c14-16-11-5-10(6-12(7-11)17(18)19)15-8-13(3-4-13)9-1-2-9/h5-7,9,15-16H,1-4,8,14H2. The zero-order valence-electron chi connectivity index (χ0n) is 10.7. The predicted octanol–water partition coefficient (Wildman–Crippen LogP) is 2.48. The van der Waals surface area contributed by atoms with E-state index in [4.69, 9.17) is 5.84 Å². The molecule has 0 amide bonds. The molecular weight excluding hydrogens is 244 g/mol. The van der Waals surface area contributed by atoms with Crippen LogP contribution in [0.2, 0.25) is 0 Å². The number of hydrogen-bond donors (Lipinski definition) is 3. The lowest BCUT2D eigenvalue weighted by Gasteiger charge is -2.16. The Hall–Kier alpha value is -1.82. The van der Waals surface area contributed by atoms with E-state index in [2.05, 4.69) is 10.7 Å². The van der Waals surface area contributed by atoms with Gasteiger partial charge in [-0.1, -0.05) is 0 Å². The van der Waals surface area contributed by atoms with E-state index in [1.807, 2.05) is 0 Å². The van der Waals surface area contributed by atoms with E-state index in [0.29, 0.717) is 11.1 Å². The fourth-order valence-corrected chi connectivity index (χ4v) is 2.77. The highest BCUT2D eigenvalue weighted by Gasteiger charge is 2.53. The molecule has 2 aliphatic rings. The molecule has 2 fully saturated rings. The Morgan fingerprint density at radius 2 is 2.00 bits per heavy atom. The van der Waals surface area contributed by atoms with Gasteiger partial charge in [-0.05, 0) is 43.1 Å². The molecule has 6 heteroatoms. The van der Waals surface area contributed by atoms with Crippen LogP contribution in [0.4, 0.5) is 17.1 Å². The molecule has 102 valence electrons. The molecule has 2 aliphatic carbocycles. The van der Waals surface area contributed by atoms with E-state index in [0.717, 1.165) is 18.2 Å². The summed E-state index contributed by atoms with van der Waals surface area (Å²) >= 11 is 0. The molecule has 3 rings (SSSR count). The second-order valence-electron chi connectivity index (χ2n) is 5.66. The molecule has 0 bridgehead atoms. The van der Waals surface area contributed by atoms with E-state index in [1.54, 1.807) is 12.1 Å². The zero-order valence-corrected chi connectivity index (χ0v) is 10.7. The number of nitro groups is 1. The third-order valence-electron chi connectivity index (χ3n) is 4.28. The molecule has 4 N–H and O–H groups in total. The van der Waals surface area contributed by atoms with Gasteiger partial charge in [-0.25, -0.2) is 0 Å². The average molecular weight is 262 g/mol. The number of nitrogens with zero attached hydrogens (tertiary/aromatic N) is 1. The Labute approximate surface area is 111 Å². The fourth-order valence-electron chi connectivity index (χ4n) is 2.77. The van der Waals surface area contributed by atoms with Gasteiger partial charge in [-0.3, -0.25) is 16.0 Å². The van der Waals surface area contributed by atoms with Gasteiger partial charge in [-0.2, -0.15) is 0 Å². The molecule has 0 spiro atoms. The SMILES string of the molecule is NNc1cc(NCC2(C3CC3)CC2)cc([N+](=O)[O-])c1. The van der Waals surface area contributed by atoms with Crippen LogP contribution in [0.3, 0.4) is 0 Å². The molecule has 1 aromatic rings. The van der Waals surface area contributed by atoms with Crippen LogP contribution in [0.5, 0.6) is 0 Å². The van der Waals surface area contributed by atoms with Crippen molar-refractivity contribution in [3.8, 4) is 0 Å². The first-order valence-corrected chi connectivity index (χ1v) is 6.63. The third-order valence-corrected chi connectivity index (χ3v) is 4.28. The normalized spacial score (nSPS) is 19.8. The van der Waals surface area contributed by atoms with Crippen LogP contribution in [0.25, 0.3) is 0 Å². The first-order valence-electron chi connectivity index (χ1n) is 6.63. The van der Waals surface area contributed by atoms with Gasteiger partial charge >= 0.3 is 0 Å². The molecule has 19 heavy (non-hydrogen) atoms. The molecule has 6 nitrogen and oxygen atoms in total. The molecule has 0 aromatic heterocycles. The van der Waals surface area contributed by atoms with E-state index in [-0.39, 0.29) is 5.69 Å². The van der Waals surface area contributed by atoms with Crippen LogP contribution in [0.15, 0.2) is 18.2 Å². The van der Waals surface area contributed by atoms with E-state index >= 15 is 0 Å². The Morgan fingerprint density at radius 1 is 1.32 bits per heavy atom. The lowest BCUT2D eigenvalue weighted by atomic mass is 10.0. The number of benzene rings is 1. The van der Waals surface area contributed by atoms with Gasteiger partial charge in [0.15, 0.2) is 0 Å². The number of nitro benzene ring substituents is 1. The first-order chi connectivity index (χ1) is 9.13.